The lowest BCUT2D eigenvalue weighted by Gasteiger charge is -2.27. The monoisotopic (exact) mass is 295 g/mol. The second-order valence-corrected chi connectivity index (χ2v) is 5.44. The van der Waals surface area contributed by atoms with Crippen LogP contribution in [0, 0.1) is 5.82 Å². The van der Waals surface area contributed by atoms with Crippen LogP contribution in [0.5, 0.6) is 0 Å². The maximum Gasteiger partial charge on any atom is 0.238 e. The highest BCUT2D eigenvalue weighted by Gasteiger charge is 2.22. The summed E-state index contributed by atoms with van der Waals surface area (Å²) in [6.45, 7) is 1.02. The molecule has 1 aromatic carbocycles. The fourth-order valence-electron chi connectivity index (χ4n) is 2.66. The molecule has 2 rings (SSSR count). The van der Waals surface area contributed by atoms with Crippen LogP contribution >= 0.6 is 0 Å². The van der Waals surface area contributed by atoms with Crippen LogP contribution in [0.2, 0.25) is 0 Å². The summed E-state index contributed by atoms with van der Waals surface area (Å²) >= 11 is 0. The van der Waals surface area contributed by atoms with E-state index < -0.39 is 5.82 Å². The predicted octanol–water partition coefficient (Wildman–Crippen LogP) is 1.58. The standard InChI is InChI=1S/C15H22FN3O2/c16-11-5-6-13(17)14(8-11)18-15(21)9-19-7-3-1-2-4-12(19)10-20/h5-6,8,12,20H,1-4,7,9-10,17H2,(H,18,21). The molecule has 1 saturated heterocycles. The zero-order valence-corrected chi connectivity index (χ0v) is 12.0. The Balaban J connectivity index is 1.98. The number of nitrogens with two attached hydrogens (primary N) is 1. The van der Waals surface area contributed by atoms with Gasteiger partial charge in [-0.15, -0.1) is 0 Å². The smallest absolute Gasteiger partial charge is 0.238 e. The van der Waals surface area contributed by atoms with Crippen LogP contribution in [-0.4, -0.2) is 41.7 Å². The molecule has 0 aromatic heterocycles. The molecular formula is C15H22FN3O2. The average molecular weight is 295 g/mol. The van der Waals surface area contributed by atoms with Gasteiger partial charge in [-0.1, -0.05) is 12.8 Å². The van der Waals surface area contributed by atoms with Gasteiger partial charge in [0.15, 0.2) is 0 Å². The van der Waals surface area contributed by atoms with Crippen molar-refractivity contribution in [2.24, 2.45) is 0 Å². The van der Waals surface area contributed by atoms with Crippen LogP contribution in [0.15, 0.2) is 18.2 Å². The molecule has 5 nitrogen and oxygen atoms in total. The number of carbonyl (C=O) groups is 1. The zero-order valence-electron chi connectivity index (χ0n) is 12.0. The van der Waals surface area contributed by atoms with E-state index in [2.05, 4.69) is 5.32 Å². The van der Waals surface area contributed by atoms with E-state index in [-0.39, 0.29) is 30.8 Å². The fourth-order valence-corrected chi connectivity index (χ4v) is 2.66. The van der Waals surface area contributed by atoms with Crippen molar-refractivity contribution in [2.45, 2.75) is 31.7 Å². The molecule has 1 heterocycles. The Morgan fingerprint density at radius 2 is 2.24 bits per heavy atom. The lowest BCUT2D eigenvalue weighted by atomic mass is 10.1. The molecule has 0 radical (unpaired) electrons. The van der Waals surface area contributed by atoms with Gasteiger partial charge in [0, 0.05) is 6.04 Å². The molecule has 1 aliphatic heterocycles. The highest BCUT2D eigenvalue weighted by molar-refractivity contribution is 5.95. The number of hydrogen-bond acceptors (Lipinski definition) is 4. The van der Waals surface area contributed by atoms with Gasteiger partial charge < -0.3 is 16.2 Å². The lowest BCUT2D eigenvalue weighted by molar-refractivity contribution is -0.118. The Morgan fingerprint density at radius 3 is 3.00 bits per heavy atom. The number of rotatable bonds is 4. The number of nitrogens with zero attached hydrogens (tertiary/aromatic N) is 1. The predicted molar refractivity (Wildman–Crippen MR) is 80.4 cm³/mol. The minimum absolute atomic E-state index is 0.0168. The maximum atomic E-state index is 13.2. The number of nitrogen functional groups attached to an aromatic ring is 1. The Morgan fingerprint density at radius 1 is 1.43 bits per heavy atom. The molecule has 4 N–H and O–H groups in total. The number of nitrogens with one attached hydrogen (secondary N) is 1. The molecule has 0 saturated carbocycles. The zero-order chi connectivity index (χ0) is 15.2. The molecular weight excluding hydrogens is 273 g/mol. The highest BCUT2D eigenvalue weighted by Crippen LogP contribution is 2.20. The number of aliphatic hydroxyl groups is 1. The van der Waals surface area contributed by atoms with Crippen molar-refractivity contribution < 1.29 is 14.3 Å². The van der Waals surface area contributed by atoms with Crippen LogP contribution in [0.3, 0.4) is 0 Å². The summed E-state index contributed by atoms with van der Waals surface area (Å²) in [6, 6.07) is 3.90. The quantitative estimate of drug-likeness (QED) is 0.737. The van der Waals surface area contributed by atoms with E-state index in [0.717, 1.165) is 32.2 Å². The second-order valence-electron chi connectivity index (χ2n) is 5.44. The first-order valence-electron chi connectivity index (χ1n) is 7.30. The van der Waals surface area contributed by atoms with E-state index in [0.29, 0.717) is 5.69 Å². The number of amides is 1. The van der Waals surface area contributed by atoms with Crippen LogP contribution in [0.4, 0.5) is 15.8 Å². The highest BCUT2D eigenvalue weighted by atomic mass is 19.1. The third-order valence-corrected chi connectivity index (χ3v) is 3.85. The summed E-state index contributed by atoms with van der Waals surface area (Å²) in [6.07, 6.45) is 4.10. The van der Waals surface area contributed by atoms with Crippen molar-refractivity contribution >= 4 is 17.3 Å². The molecule has 1 aliphatic rings. The van der Waals surface area contributed by atoms with E-state index in [1.54, 1.807) is 0 Å². The normalized spacial score (nSPS) is 20.0. The third kappa shape index (κ3) is 4.41. The Labute approximate surface area is 123 Å². The first kappa shape index (κ1) is 15.7. The summed E-state index contributed by atoms with van der Waals surface area (Å²) in [4.78, 5) is 14.1. The van der Waals surface area contributed by atoms with Gasteiger partial charge in [0.25, 0.3) is 0 Å². The number of carbonyl (C=O) groups excluding carboxylic acids is 1. The summed E-state index contributed by atoms with van der Waals surface area (Å²) in [7, 11) is 0. The van der Waals surface area contributed by atoms with Gasteiger partial charge >= 0.3 is 0 Å². The molecule has 0 aliphatic carbocycles. The van der Waals surface area contributed by atoms with Crippen molar-refractivity contribution in [3.05, 3.63) is 24.0 Å². The second kappa shape index (κ2) is 7.38. The molecule has 1 amide bonds. The topological polar surface area (TPSA) is 78.6 Å². The van der Waals surface area contributed by atoms with Gasteiger partial charge in [-0.3, -0.25) is 9.69 Å². The van der Waals surface area contributed by atoms with Crippen LogP contribution in [-0.2, 0) is 4.79 Å². The molecule has 1 fully saturated rings. The van der Waals surface area contributed by atoms with Crippen LogP contribution in [0.1, 0.15) is 25.7 Å². The van der Waals surface area contributed by atoms with E-state index >= 15 is 0 Å². The maximum absolute atomic E-state index is 13.2. The third-order valence-electron chi connectivity index (χ3n) is 3.85. The van der Waals surface area contributed by atoms with E-state index in [1.807, 2.05) is 4.90 Å². The summed E-state index contributed by atoms with van der Waals surface area (Å²) in [5.74, 6) is -0.685. The number of likely N-dealkylation sites (tertiary alicyclic amines) is 1. The molecule has 1 unspecified atom stereocenters. The molecule has 0 spiro atoms. The molecule has 6 heteroatoms. The van der Waals surface area contributed by atoms with Crippen molar-refractivity contribution in [3.8, 4) is 0 Å². The largest absolute Gasteiger partial charge is 0.397 e. The van der Waals surface area contributed by atoms with E-state index in [1.165, 1.54) is 18.2 Å². The molecule has 116 valence electrons. The molecule has 0 bridgehead atoms. The van der Waals surface area contributed by atoms with Gasteiger partial charge in [0.05, 0.1) is 24.5 Å². The summed E-state index contributed by atoms with van der Waals surface area (Å²) < 4.78 is 13.2. The van der Waals surface area contributed by atoms with Gasteiger partial charge in [-0.2, -0.15) is 0 Å². The number of aliphatic hydroxyl groups excluding tert-OH is 1. The van der Waals surface area contributed by atoms with Crippen molar-refractivity contribution in [2.75, 3.05) is 30.7 Å². The number of benzene rings is 1. The number of hydrogen-bond donors (Lipinski definition) is 3. The first-order valence-corrected chi connectivity index (χ1v) is 7.30. The minimum Gasteiger partial charge on any atom is -0.397 e. The first-order chi connectivity index (χ1) is 10.1. The average Bonchev–Trinajstić information content (AvgIpc) is 2.68. The van der Waals surface area contributed by atoms with Crippen LogP contribution in [0.25, 0.3) is 0 Å². The lowest BCUT2D eigenvalue weighted by Crippen LogP contribution is -2.42. The molecule has 1 atom stereocenters. The molecule has 1 aromatic rings. The SMILES string of the molecule is Nc1ccc(F)cc1NC(=O)CN1CCCCCC1CO. The van der Waals surface area contributed by atoms with Crippen molar-refractivity contribution in [1.82, 2.24) is 4.90 Å². The van der Waals surface area contributed by atoms with E-state index in [4.69, 9.17) is 5.73 Å². The summed E-state index contributed by atoms with van der Waals surface area (Å²) in [5, 5.41) is 12.1. The Hall–Kier alpha value is -1.66. The van der Waals surface area contributed by atoms with Gasteiger partial charge in [0.1, 0.15) is 5.82 Å². The molecule has 21 heavy (non-hydrogen) atoms. The number of halogens is 1. The van der Waals surface area contributed by atoms with Gasteiger partial charge in [0.2, 0.25) is 5.91 Å². The van der Waals surface area contributed by atoms with Crippen molar-refractivity contribution in [3.63, 3.8) is 0 Å². The Kier molecular flexibility index (Phi) is 5.52. The summed E-state index contributed by atoms with van der Waals surface area (Å²) in [5.41, 5.74) is 6.33. The van der Waals surface area contributed by atoms with E-state index in [9.17, 15) is 14.3 Å². The fraction of sp³-hybridized carbons (Fsp3) is 0.533. The van der Waals surface area contributed by atoms with Gasteiger partial charge in [-0.25, -0.2) is 4.39 Å². The number of anilines is 2. The minimum atomic E-state index is -0.442. The van der Waals surface area contributed by atoms with Crippen molar-refractivity contribution in [1.29, 1.82) is 0 Å². The van der Waals surface area contributed by atoms with Gasteiger partial charge in [-0.05, 0) is 37.6 Å². The Bertz CT molecular complexity index is 496. The van der Waals surface area contributed by atoms with Crippen LogP contribution < -0.4 is 11.1 Å².